The largest absolute Gasteiger partial charge is 0.487 e. The van der Waals surface area contributed by atoms with Crippen LogP contribution in [0.15, 0.2) is 30.7 Å². The lowest BCUT2D eigenvalue weighted by Gasteiger charge is -2.00. The van der Waals surface area contributed by atoms with Gasteiger partial charge >= 0.3 is 0 Å². The Kier molecular flexibility index (Phi) is 1.22. The van der Waals surface area contributed by atoms with Crippen LogP contribution in [0, 0.1) is 0 Å². The van der Waals surface area contributed by atoms with Crippen LogP contribution in [0.1, 0.15) is 0 Å². The van der Waals surface area contributed by atoms with Gasteiger partial charge in [0.15, 0.2) is 0 Å². The summed E-state index contributed by atoms with van der Waals surface area (Å²) in [4.78, 5) is 4.08. The van der Waals surface area contributed by atoms with Crippen LogP contribution in [-0.4, -0.2) is 16.2 Å². The molecule has 13 heavy (non-hydrogen) atoms. The molecular weight excluding hydrogens is 164 g/mol. The first-order chi connectivity index (χ1) is 6.45. The van der Waals surface area contributed by atoms with Crippen LogP contribution < -0.4 is 4.74 Å². The maximum atomic E-state index is 5.51. The van der Waals surface area contributed by atoms with Gasteiger partial charge in [0.25, 0.3) is 0 Å². The summed E-state index contributed by atoms with van der Waals surface area (Å²) in [5, 5.41) is 1.08. The standard InChI is InChI=1S/C10H8N2O/c1-4-12-7-10(13-5-1)8-6-11-3-2-9(8)12/h1-4,6-7H,5H2. The number of hydrogen-bond acceptors (Lipinski definition) is 2. The van der Waals surface area contributed by atoms with Crippen molar-refractivity contribution in [1.29, 1.82) is 0 Å². The quantitative estimate of drug-likeness (QED) is 0.606. The molecule has 0 amide bonds. The van der Waals surface area contributed by atoms with E-state index in [1.165, 1.54) is 0 Å². The number of fused-ring (bicyclic) bond motifs is 5. The fourth-order valence-corrected chi connectivity index (χ4v) is 1.60. The van der Waals surface area contributed by atoms with Crippen LogP contribution in [0.25, 0.3) is 17.1 Å². The Bertz CT molecular complexity index is 485. The first-order valence-corrected chi connectivity index (χ1v) is 4.19. The van der Waals surface area contributed by atoms with E-state index in [0.717, 1.165) is 16.7 Å². The number of pyridine rings is 1. The molecule has 3 rings (SSSR count). The molecule has 0 fully saturated rings. The van der Waals surface area contributed by atoms with Gasteiger partial charge in [0, 0.05) is 18.6 Å². The number of ether oxygens (including phenoxy) is 1. The number of nitrogens with zero attached hydrogens (tertiary/aromatic N) is 2. The second kappa shape index (κ2) is 2.36. The molecule has 0 unspecified atom stereocenters. The first-order valence-electron chi connectivity index (χ1n) is 4.19. The van der Waals surface area contributed by atoms with E-state index in [0.29, 0.717) is 6.61 Å². The summed E-state index contributed by atoms with van der Waals surface area (Å²) in [5.74, 6) is 0.910. The molecular formula is C10H8N2O. The summed E-state index contributed by atoms with van der Waals surface area (Å²) in [5.41, 5.74) is 1.14. The molecule has 0 saturated heterocycles. The average Bonchev–Trinajstić information content (AvgIpc) is 2.35. The highest BCUT2D eigenvalue weighted by Gasteiger charge is 2.09. The Labute approximate surface area is 75.3 Å². The summed E-state index contributed by atoms with van der Waals surface area (Å²) in [7, 11) is 0. The lowest BCUT2D eigenvalue weighted by molar-refractivity contribution is 0.369. The second-order valence-electron chi connectivity index (χ2n) is 2.99. The lowest BCUT2D eigenvalue weighted by Crippen LogP contribution is -1.92. The predicted molar refractivity (Wildman–Crippen MR) is 50.6 cm³/mol. The van der Waals surface area contributed by atoms with Gasteiger partial charge in [0.05, 0.1) is 17.1 Å². The maximum Gasteiger partial charge on any atom is 0.147 e. The number of hydrogen-bond donors (Lipinski definition) is 0. The van der Waals surface area contributed by atoms with Crippen molar-refractivity contribution in [2.24, 2.45) is 0 Å². The van der Waals surface area contributed by atoms with E-state index in [9.17, 15) is 0 Å². The van der Waals surface area contributed by atoms with E-state index in [1.54, 1.807) is 6.20 Å². The monoisotopic (exact) mass is 172 g/mol. The van der Waals surface area contributed by atoms with Gasteiger partial charge in [-0.2, -0.15) is 0 Å². The molecule has 1 aliphatic rings. The molecule has 0 aromatic carbocycles. The summed E-state index contributed by atoms with van der Waals surface area (Å²) in [6.07, 6.45) is 9.61. The zero-order valence-corrected chi connectivity index (χ0v) is 6.97. The lowest BCUT2D eigenvalue weighted by atomic mass is 10.3. The summed E-state index contributed by atoms with van der Waals surface area (Å²) in [6, 6.07) is 1.98. The van der Waals surface area contributed by atoms with Crippen molar-refractivity contribution in [3.8, 4) is 5.75 Å². The van der Waals surface area contributed by atoms with Gasteiger partial charge < -0.3 is 9.30 Å². The minimum atomic E-state index is 0.636. The SMILES string of the molecule is C1=Cn2cc(c3cnccc32)OC1. The van der Waals surface area contributed by atoms with Crippen molar-refractivity contribution in [2.75, 3.05) is 6.61 Å². The predicted octanol–water partition coefficient (Wildman–Crippen LogP) is 1.90. The zero-order valence-electron chi connectivity index (χ0n) is 6.97. The van der Waals surface area contributed by atoms with E-state index < -0.39 is 0 Å². The van der Waals surface area contributed by atoms with Gasteiger partial charge in [-0.25, -0.2) is 0 Å². The third kappa shape index (κ3) is 0.869. The summed E-state index contributed by atoms with van der Waals surface area (Å²) < 4.78 is 7.57. The molecule has 3 nitrogen and oxygen atoms in total. The molecule has 2 aromatic heterocycles. The van der Waals surface area contributed by atoms with Crippen molar-refractivity contribution >= 4 is 17.1 Å². The van der Waals surface area contributed by atoms with Crippen molar-refractivity contribution in [3.05, 3.63) is 30.7 Å². The average molecular weight is 172 g/mol. The molecule has 3 heteroatoms. The maximum absolute atomic E-state index is 5.51. The molecule has 2 aromatic rings. The third-order valence-corrected chi connectivity index (χ3v) is 2.20. The van der Waals surface area contributed by atoms with Crippen LogP contribution >= 0.6 is 0 Å². The molecule has 0 saturated carbocycles. The van der Waals surface area contributed by atoms with Gasteiger partial charge in [-0.1, -0.05) is 0 Å². The highest BCUT2D eigenvalue weighted by molar-refractivity contribution is 5.87. The Morgan fingerprint density at radius 2 is 2.46 bits per heavy atom. The van der Waals surface area contributed by atoms with E-state index in [-0.39, 0.29) is 0 Å². The molecule has 0 spiro atoms. The Morgan fingerprint density at radius 1 is 1.46 bits per heavy atom. The molecule has 2 bridgehead atoms. The summed E-state index contributed by atoms with van der Waals surface area (Å²) >= 11 is 0. The molecule has 64 valence electrons. The molecule has 0 radical (unpaired) electrons. The molecule has 0 aliphatic carbocycles. The smallest absolute Gasteiger partial charge is 0.147 e. The van der Waals surface area contributed by atoms with E-state index in [1.807, 2.05) is 30.7 Å². The Morgan fingerprint density at radius 3 is 3.46 bits per heavy atom. The molecule has 0 atom stereocenters. The van der Waals surface area contributed by atoms with Gasteiger partial charge in [-0.05, 0) is 12.1 Å². The van der Waals surface area contributed by atoms with Crippen LogP contribution in [0.2, 0.25) is 0 Å². The molecule has 0 N–H and O–H groups in total. The van der Waals surface area contributed by atoms with Gasteiger partial charge in [0.1, 0.15) is 12.4 Å². The minimum Gasteiger partial charge on any atom is -0.487 e. The van der Waals surface area contributed by atoms with Crippen molar-refractivity contribution in [3.63, 3.8) is 0 Å². The van der Waals surface area contributed by atoms with Crippen LogP contribution in [-0.2, 0) is 0 Å². The second-order valence-corrected chi connectivity index (χ2v) is 2.99. The number of aromatic nitrogens is 2. The Balaban J connectivity index is 2.46. The fourth-order valence-electron chi connectivity index (χ4n) is 1.60. The van der Waals surface area contributed by atoms with Crippen molar-refractivity contribution in [2.45, 2.75) is 0 Å². The Hall–Kier alpha value is -1.77. The van der Waals surface area contributed by atoms with Crippen LogP contribution in [0.3, 0.4) is 0 Å². The van der Waals surface area contributed by atoms with Crippen LogP contribution in [0.4, 0.5) is 0 Å². The van der Waals surface area contributed by atoms with Gasteiger partial charge in [-0.15, -0.1) is 0 Å². The highest BCUT2D eigenvalue weighted by atomic mass is 16.5. The fraction of sp³-hybridized carbons (Fsp3) is 0.100. The zero-order chi connectivity index (χ0) is 8.67. The van der Waals surface area contributed by atoms with Gasteiger partial charge in [-0.3, -0.25) is 4.98 Å². The summed E-state index contributed by atoms with van der Waals surface area (Å²) in [6.45, 7) is 0.636. The van der Waals surface area contributed by atoms with E-state index in [2.05, 4.69) is 9.55 Å². The van der Waals surface area contributed by atoms with Crippen molar-refractivity contribution < 1.29 is 4.74 Å². The third-order valence-electron chi connectivity index (χ3n) is 2.20. The normalized spacial score (nSPS) is 14.2. The molecule has 3 heterocycles. The minimum absolute atomic E-state index is 0.636. The van der Waals surface area contributed by atoms with Gasteiger partial charge in [0.2, 0.25) is 0 Å². The van der Waals surface area contributed by atoms with E-state index >= 15 is 0 Å². The van der Waals surface area contributed by atoms with Crippen molar-refractivity contribution in [1.82, 2.24) is 9.55 Å². The topological polar surface area (TPSA) is 27.1 Å². The molecule has 1 aliphatic heterocycles. The van der Waals surface area contributed by atoms with E-state index in [4.69, 9.17) is 4.74 Å². The highest BCUT2D eigenvalue weighted by Crippen LogP contribution is 2.28. The first kappa shape index (κ1) is 6.71. The van der Waals surface area contributed by atoms with Crippen LogP contribution in [0.5, 0.6) is 5.75 Å². The number of rotatable bonds is 0.